The molecule has 0 aliphatic carbocycles. The van der Waals surface area contributed by atoms with Crippen LogP contribution in [0, 0.1) is 0 Å². The molecule has 2 heteroatoms. The molecule has 0 fully saturated rings. The summed E-state index contributed by atoms with van der Waals surface area (Å²) in [5, 5.41) is 10.4. The first-order valence-electron chi connectivity index (χ1n) is 30.2. The fraction of sp³-hybridized carbons (Fsp3) is 0.195. The Labute approximate surface area is 494 Å². The molecule has 0 bridgehead atoms. The monoisotopic (exact) mass is 1080 g/mol. The van der Waals surface area contributed by atoms with Crippen LogP contribution in [-0.4, -0.2) is 8.80 Å². The Morgan fingerprint density at radius 2 is 0.476 bits per heavy atom. The number of rotatable bonds is 6. The lowest BCUT2D eigenvalue weighted by Gasteiger charge is -2.25. The van der Waals surface area contributed by atoms with Crippen molar-refractivity contribution in [1.29, 1.82) is 0 Å². The number of hydrogen-bond donors (Lipinski definition) is 0. The van der Waals surface area contributed by atoms with Gasteiger partial charge < -0.3 is 8.80 Å². The smallest absolute Gasteiger partial charge is 0.0634 e. The van der Waals surface area contributed by atoms with Crippen molar-refractivity contribution < 1.29 is 0 Å². The Morgan fingerprint density at radius 1 is 0.226 bits per heavy atom. The molecule has 15 aromatic rings. The molecule has 15 rings (SSSR count). The molecule has 84 heavy (non-hydrogen) atoms. The largest absolute Gasteiger partial charge is 0.308 e. The van der Waals surface area contributed by atoms with Crippen LogP contribution in [0.1, 0.15) is 105 Å². The minimum absolute atomic E-state index is 0.0630. The molecule has 0 amide bonds. The zero-order valence-electron chi connectivity index (χ0n) is 50.7. The third-order valence-electron chi connectivity index (χ3n) is 18.6. The number of benzene rings is 11. The number of nitrogens with zero attached hydrogens (tertiary/aromatic N) is 2. The van der Waals surface area contributed by atoms with Gasteiger partial charge in [-0.2, -0.15) is 0 Å². The summed E-state index contributed by atoms with van der Waals surface area (Å²) in [6, 6.07) is 83.8. The van der Waals surface area contributed by atoms with Crippen molar-refractivity contribution in [3.8, 4) is 66.8 Å². The summed E-state index contributed by atoms with van der Waals surface area (Å²) in [5.41, 5.74) is 27.4. The lowest BCUT2D eigenvalue weighted by Crippen LogP contribution is -2.12. The molecule has 0 atom stereocenters. The van der Waals surface area contributed by atoms with Crippen molar-refractivity contribution in [3.63, 3.8) is 0 Å². The van der Waals surface area contributed by atoms with Gasteiger partial charge in [0.15, 0.2) is 0 Å². The molecule has 0 spiro atoms. The topological polar surface area (TPSA) is 8.82 Å². The Hall–Kier alpha value is -8.98. The molecule has 0 N–H and O–H groups in total. The van der Waals surface area contributed by atoms with Crippen molar-refractivity contribution in [2.24, 2.45) is 0 Å². The van der Waals surface area contributed by atoms with Crippen molar-refractivity contribution in [3.05, 3.63) is 241 Å². The van der Waals surface area contributed by atoms with E-state index >= 15 is 0 Å². The molecule has 0 radical (unpaired) electrons. The van der Waals surface area contributed by atoms with E-state index in [1.807, 2.05) is 0 Å². The second-order valence-electron chi connectivity index (χ2n) is 28.2. The SMILES string of the molecule is CC(C)(C)c1cc(-c2ccccc2)c(-c2ccc3c(c2)c2c4c5cc(C(C)(C)C)ccc5n5c6ccc(-c7c(-c8ccccc8)cc(C(C)(C)C)cc7-c7ccccc7)cc6c(c6c7cc(C(C)(C)C)ccc7n3c26)c45)c(-c2ccccc2)c1. The van der Waals surface area contributed by atoms with Crippen molar-refractivity contribution >= 4 is 76.2 Å². The zero-order chi connectivity index (χ0) is 57.9. The number of aromatic nitrogens is 2. The van der Waals surface area contributed by atoms with Crippen LogP contribution in [0.4, 0.5) is 0 Å². The molecule has 11 aromatic carbocycles. The van der Waals surface area contributed by atoms with E-state index in [9.17, 15) is 0 Å². The van der Waals surface area contributed by atoms with Crippen LogP contribution in [0.25, 0.3) is 143 Å². The van der Waals surface area contributed by atoms with Gasteiger partial charge in [-0.05, 0) is 183 Å². The van der Waals surface area contributed by atoms with Crippen molar-refractivity contribution in [2.75, 3.05) is 0 Å². The maximum atomic E-state index is 2.64. The van der Waals surface area contributed by atoms with Gasteiger partial charge >= 0.3 is 0 Å². The molecular weight excluding hydrogens is 1010 g/mol. The van der Waals surface area contributed by atoms with E-state index in [0.29, 0.717) is 0 Å². The van der Waals surface area contributed by atoms with Crippen LogP contribution in [0.2, 0.25) is 0 Å². The first kappa shape index (κ1) is 51.9. The Kier molecular flexibility index (Phi) is 11.3. The van der Waals surface area contributed by atoms with Gasteiger partial charge in [0, 0.05) is 43.1 Å². The van der Waals surface area contributed by atoms with Crippen molar-refractivity contribution in [1.82, 2.24) is 8.80 Å². The first-order chi connectivity index (χ1) is 40.2. The van der Waals surface area contributed by atoms with Gasteiger partial charge in [0.05, 0.1) is 33.1 Å². The summed E-state index contributed by atoms with van der Waals surface area (Å²) >= 11 is 0. The number of fused-ring (bicyclic) bond motifs is 14. The molecule has 2 nitrogen and oxygen atoms in total. The predicted molar refractivity (Wildman–Crippen MR) is 363 cm³/mol. The average Bonchev–Trinajstić information content (AvgIpc) is 1.51. The molecule has 0 aliphatic heterocycles. The van der Waals surface area contributed by atoms with Crippen LogP contribution in [-0.2, 0) is 21.7 Å². The van der Waals surface area contributed by atoms with E-state index in [4.69, 9.17) is 0 Å². The maximum Gasteiger partial charge on any atom is 0.0634 e. The van der Waals surface area contributed by atoms with E-state index in [0.717, 1.165) is 0 Å². The highest BCUT2D eigenvalue weighted by Gasteiger charge is 2.32. The molecule has 410 valence electrons. The van der Waals surface area contributed by atoms with Gasteiger partial charge in [0.1, 0.15) is 0 Å². The lowest BCUT2D eigenvalue weighted by atomic mass is 9.79. The first-order valence-corrected chi connectivity index (χ1v) is 30.2. The zero-order valence-corrected chi connectivity index (χ0v) is 50.7. The number of hydrogen-bond acceptors (Lipinski definition) is 0. The summed E-state index contributed by atoms with van der Waals surface area (Å²) in [4.78, 5) is 0. The highest BCUT2D eigenvalue weighted by Crippen LogP contribution is 2.55. The molecule has 0 saturated heterocycles. The summed E-state index contributed by atoms with van der Waals surface area (Å²) in [7, 11) is 0. The molecule has 4 heterocycles. The predicted octanol–water partition coefficient (Wildman–Crippen LogP) is 23.2. The molecule has 0 saturated carbocycles. The van der Waals surface area contributed by atoms with Crippen LogP contribution in [0.15, 0.2) is 218 Å². The Bertz CT molecular complexity index is 4650. The van der Waals surface area contributed by atoms with Gasteiger partial charge in [-0.25, -0.2) is 0 Å². The highest BCUT2D eigenvalue weighted by atomic mass is 14.9. The summed E-state index contributed by atoms with van der Waals surface area (Å²) in [6.45, 7) is 28.2. The standard InChI is InChI=1S/C82H72N2/c1-79(2,3)55-35-39-69-65(43-55)75-73-63-41-53(71-59(49-25-17-13-18-26-49)45-57(81(7,8)9)46-60(71)50-27-19-14-20-28-50)34-38-68(63)84-70-40-36-56(80(4,5)6)44-66(70)76(78(73)84)74-64-42-54(33-37-67(64)83(69)77(74)75)72-61(51-29-21-15-22-30-51)47-58(82(10,11)12)48-62(72)52-31-23-16-24-32-52/h13-48H,1-12H3. The summed E-state index contributed by atoms with van der Waals surface area (Å²) in [6.07, 6.45) is 0. The fourth-order valence-corrected chi connectivity index (χ4v) is 14.1. The lowest BCUT2D eigenvalue weighted by molar-refractivity contribution is 0.590. The van der Waals surface area contributed by atoms with Crippen molar-refractivity contribution in [2.45, 2.75) is 105 Å². The van der Waals surface area contributed by atoms with Crippen LogP contribution in [0.3, 0.4) is 0 Å². The normalized spacial score (nSPS) is 13.0. The van der Waals surface area contributed by atoms with Gasteiger partial charge in [0.2, 0.25) is 0 Å². The van der Waals surface area contributed by atoms with Gasteiger partial charge in [0.25, 0.3) is 0 Å². The second kappa shape index (κ2) is 18.3. The molecule has 4 aromatic heterocycles. The quantitative estimate of drug-likeness (QED) is 0.157. The maximum absolute atomic E-state index is 2.64. The van der Waals surface area contributed by atoms with Gasteiger partial charge in [-0.3, -0.25) is 0 Å². The Morgan fingerprint density at radius 3 is 0.738 bits per heavy atom. The molecule has 0 aliphatic rings. The fourth-order valence-electron chi connectivity index (χ4n) is 14.1. The average molecular weight is 1090 g/mol. The van der Waals surface area contributed by atoms with E-state index in [1.54, 1.807) is 0 Å². The van der Waals surface area contributed by atoms with Gasteiger partial charge in [-0.15, -0.1) is 0 Å². The van der Waals surface area contributed by atoms with E-state index in [-0.39, 0.29) is 21.7 Å². The third-order valence-corrected chi connectivity index (χ3v) is 18.6. The van der Waals surface area contributed by atoms with Crippen LogP contribution in [0.5, 0.6) is 0 Å². The van der Waals surface area contributed by atoms with E-state index < -0.39 is 0 Å². The van der Waals surface area contributed by atoms with Crippen LogP contribution >= 0.6 is 0 Å². The Balaban J connectivity index is 1.14. The summed E-state index contributed by atoms with van der Waals surface area (Å²) in [5.74, 6) is 0. The molecular formula is C82H72N2. The minimum Gasteiger partial charge on any atom is -0.308 e. The summed E-state index contributed by atoms with van der Waals surface area (Å²) < 4.78 is 5.29. The van der Waals surface area contributed by atoms with Crippen LogP contribution < -0.4 is 0 Å². The van der Waals surface area contributed by atoms with Gasteiger partial charge in [-0.1, -0.05) is 229 Å². The third kappa shape index (κ3) is 7.90. The van der Waals surface area contributed by atoms with E-state index in [2.05, 4.69) is 310 Å². The highest BCUT2D eigenvalue weighted by molar-refractivity contribution is 6.45. The molecule has 0 unspecified atom stereocenters. The van der Waals surface area contributed by atoms with E-state index in [1.165, 1.54) is 165 Å². The second-order valence-corrected chi connectivity index (χ2v) is 28.2. The minimum atomic E-state index is -0.0735.